The molecule has 1 aliphatic heterocycles. The molecule has 0 radical (unpaired) electrons. The maximum absolute atomic E-state index is 5.95. The molecule has 0 N–H and O–H groups in total. The fraction of sp³-hybridized carbons (Fsp3) is 0.714. The summed E-state index contributed by atoms with van der Waals surface area (Å²) in [4.78, 5) is 2.48. The van der Waals surface area contributed by atoms with Gasteiger partial charge in [-0.15, -0.1) is 0 Å². The van der Waals surface area contributed by atoms with Crippen LogP contribution in [0.1, 0.15) is 71.0 Å². The number of hydrogen-bond donors (Lipinski definition) is 0. The van der Waals surface area contributed by atoms with Gasteiger partial charge in [-0.2, -0.15) is 0 Å². The first kappa shape index (κ1) is 19.3. The third kappa shape index (κ3) is 6.45. The van der Waals surface area contributed by atoms with Crippen molar-refractivity contribution in [2.24, 2.45) is 0 Å². The van der Waals surface area contributed by atoms with Crippen LogP contribution in [0.5, 0.6) is 5.75 Å². The minimum Gasteiger partial charge on any atom is -0.494 e. The Balaban J connectivity index is 1.70. The largest absolute Gasteiger partial charge is 0.494 e. The number of nitrogens with zero attached hydrogens (tertiary/aromatic N) is 1. The van der Waals surface area contributed by atoms with Crippen molar-refractivity contribution < 1.29 is 9.47 Å². The van der Waals surface area contributed by atoms with Gasteiger partial charge in [0.1, 0.15) is 5.75 Å². The molecule has 1 heterocycles. The van der Waals surface area contributed by atoms with Crippen LogP contribution >= 0.6 is 0 Å². The van der Waals surface area contributed by atoms with Gasteiger partial charge in [0, 0.05) is 19.1 Å². The topological polar surface area (TPSA) is 21.7 Å². The number of morpholine rings is 1. The first-order valence-corrected chi connectivity index (χ1v) is 9.79. The average Bonchev–Trinajstić information content (AvgIpc) is 2.61. The van der Waals surface area contributed by atoms with Crippen molar-refractivity contribution in [1.82, 2.24) is 4.90 Å². The zero-order valence-corrected chi connectivity index (χ0v) is 15.8. The van der Waals surface area contributed by atoms with Crippen LogP contribution in [0.15, 0.2) is 24.3 Å². The standard InChI is InChI=1S/C21H35NO2/c1-4-5-6-7-8-9-15-23-20-12-10-19(11-13-20)21-17-22(18(2)3)14-16-24-21/h10-13,18,21H,4-9,14-17H2,1-3H3. The summed E-state index contributed by atoms with van der Waals surface area (Å²) in [7, 11) is 0. The molecule has 1 atom stereocenters. The summed E-state index contributed by atoms with van der Waals surface area (Å²) in [6, 6.07) is 9.07. The molecule has 0 bridgehead atoms. The van der Waals surface area contributed by atoms with Crippen molar-refractivity contribution in [3.63, 3.8) is 0 Å². The summed E-state index contributed by atoms with van der Waals surface area (Å²) < 4.78 is 11.8. The second-order valence-electron chi connectivity index (χ2n) is 7.13. The van der Waals surface area contributed by atoms with Crippen LogP contribution in [0.2, 0.25) is 0 Å². The molecule has 1 unspecified atom stereocenters. The highest BCUT2D eigenvalue weighted by Crippen LogP contribution is 2.25. The molecule has 1 aromatic rings. The zero-order valence-electron chi connectivity index (χ0n) is 15.8. The summed E-state index contributed by atoms with van der Waals surface area (Å²) >= 11 is 0. The maximum Gasteiger partial charge on any atom is 0.119 e. The molecule has 0 spiro atoms. The van der Waals surface area contributed by atoms with E-state index in [1.54, 1.807) is 0 Å². The predicted molar refractivity (Wildman–Crippen MR) is 101 cm³/mol. The molecule has 1 aromatic carbocycles. The number of benzene rings is 1. The molecule has 1 aliphatic rings. The smallest absolute Gasteiger partial charge is 0.119 e. The van der Waals surface area contributed by atoms with Gasteiger partial charge in [0.25, 0.3) is 0 Å². The van der Waals surface area contributed by atoms with E-state index in [0.29, 0.717) is 6.04 Å². The summed E-state index contributed by atoms with van der Waals surface area (Å²) in [6.45, 7) is 10.4. The Bertz CT molecular complexity index is 444. The van der Waals surface area contributed by atoms with E-state index in [1.165, 1.54) is 37.7 Å². The lowest BCUT2D eigenvalue weighted by atomic mass is 10.1. The lowest BCUT2D eigenvalue weighted by molar-refractivity contribution is -0.0402. The Morgan fingerprint density at radius 1 is 1.08 bits per heavy atom. The first-order valence-electron chi connectivity index (χ1n) is 9.79. The van der Waals surface area contributed by atoms with Gasteiger partial charge in [-0.3, -0.25) is 4.90 Å². The van der Waals surface area contributed by atoms with Gasteiger partial charge in [0.15, 0.2) is 0 Å². The van der Waals surface area contributed by atoms with Crippen molar-refractivity contribution in [3.8, 4) is 5.75 Å². The SMILES string of the molecule is CCCCCCCCOc1ccc(C2CN(C(C)C)CCO2)cc1. The lowest BCUT2D eigenvalue weighted by Crippen LogP contribution is -2.42. The molecule has 24 heavy (non-hydrogen) atoms. The molecular formula is C21H35NO2. The van der Waals surface area contributed by atoms with Crippen molar-refractivity contribution in [1.29, 1.82) is 0 Å². The van der Waals surface area contributed by atoms with Gasteiger partial charge < -0.3 is 9.47 Å². The fourth-order valence-electron chi connectivity index (χ4n) is 3.19. The van der Waals surface area contributed by atoms with Crippen LogP contribution in [0.3, 0.4) is 0 Å². The normalized spacial score (nSPS) is 18.9. The minimum absolute atomic E-state index is 0.189. The summed E-state index contributed by atoms with van der Waals surface area (Å²) in [6.07, 6.45) is 7.98. The minimum atomic E-state index is 0.189. The van der Waals surface area contributed by atoms with E-state index in [0.717, 1.165) is 38.5 Å². The van der Waals surface area contributed by atoms with E-state index >= 15 is 0 Å². The van der Waals surface area contributed by atoms with Gasteiger partial charge in [0.05, 0.1) is 19.3 Å². The molecule has 0 aromatic heterocycles. The second-order valence-corrected chi connectivity index (χ2v) is 7.13. The molecule has 2 rings (SSSR count). The van der Waals surface area contributed by atoms with Crippen LogP contribution in [0.25, 0.3) is 0 Å². The number of rotatable bonds is 10. The van der Waals surface area contributed by atoms with Crippen molar-refractivity contribution in [3.05, 3.63) is 29.8 Å². The van der Waals surface area contributed by atoms with Crippen LogP contribution in [0, 0.1) is 0 Å². The molecule has 136 valence electrons. The Morgan fingerprint density at radius 2 is 1.79 bits per heavy atom. The Kier molecular flexibility index (Phi) is 8.62. The quantitative estimate of drug-likeness (QED) is 0.549. The third-order valence-corrected chi connectivity index (χ3v) is 4.85. The monoisotopic (exact) mass is 333 g/mol. The van der Waals surface area contributed by atoms with Crippen molar-refractivity contribution >= 4 is 0 Å². The Morgan fingerprint density at radius 3 is 2.50 bits per heavy atom. The van der Waals surface area contributed by atoms with Crippen LogP contribution in [-0.2, 0) is 4.74 Å². The van der Waals surface area contributed by atoms with E-state index in [2.05, 4.69) is 49.9 Å². The molecule has 0 amide bonds. The van der Waals surface area contributed by atoms with Gasteiger partial charge in [-0.1, -0.05) is 51.2 Å². The highest BCUT2D eigenvalue weighted by molar-refractivity contribution is 5.29. The predicted octanol–water partition coefficient (Wildman–Crippen LogP) is 5.21. The number of unbranched alkanes of at least 4 members (excludes halogenated alkanes) is 5. The van der Waals surface area contributed by atoms with Gasteiger partial charge in [-0.05, 0) is 38.0 Å². The van der Waals surface area contributed by atoms with Gasteiger partial charge in [-0.25, -0.2) is 0 Å². The summed E-state index contributed by atoms with van der Waals surface area (Å²) in [5.41, 5.74) is 1.26. The summed E-state index contributed by atoms with van der Waals surface area (Å²) in [5, 5.41) is 0. The molecular weight excluding hydrogens is 298 g/mol. The third-order valence-electron chi connectivity index (χ3n) is 4.85. The van der Waals surface area contributed by atoms with Crippen molar-refractivity contribution in [2.45, 2.75) is 71.4 Å². The van der Waals surface area contributed by atoms with E-state index < -0.39 is 0 Å². The number of ether oxygens (including phenoxy) is 2. The molecule has 0 aliphatic carbocycles. The van der Waals surface area contributed by atoms with E-state index in [4.69, 9.17) is 9.47 Å². The van der Waals surface area contributed by atoms with Gasteiger partial charge >= 0.3 is 0 Å². The van der Waals surface area contributed by atoms with Crippen LogP contribution in [-0.4, -0.2) is 37.2 Å². The van der Waals surface area contributed by atoms with E-state index in [9.17, 15) is 0 Å². The highest BCUT2D eigenvalue weighted by Gasteiger charge is 2.23. The molecule has 3 nitrogen and oxygen atoms in total. The van der Waals surface area contributed by atoms with Gasteiger partial charge in [0.2, 0.25) is 0 Å². The maximum atomic E-state index is 5.95. The summed E-state index contributed by atoms with van der Waals surface area (Å²) in [5.74, 6) is 0.976. The van der Waals surface area contributed by atoms with E-state index in [1.807, 2.05) is 0 Å². The molecule has 1 fully saturated rings. The second kappa shape index (κ2) is 10.7. The number of hydrogen-bond acceptors (Lipinski definition) is 3. The fourth-order valence-corrected chi connectivity index (χ4v) is 3.19. The average molecular weight is 334 g/mol. The first-order chi connectivity index (χ1) is 11.7. The van der Waals surface area contributed by atoms with E-state index in [-0.39, 0.29) is 6.10 Å². The Hall–Kier alpha value is -1.06. The Labute approximate surface area is 148 Å². The van der Waals surface area contributed by atoms with Crippen LogP contribution in [0.4, 0.5) is 0 Å². The molecule has 0 saturated carbocycles. The lowest BCUT2D eigenvalue weighted by Gasteiger charge is -2.35. The molecule has 3 heteroatoms. The zero-order chi connectivity index (χ0) is 17.2. The van der Waals surface area contributed by atoms with Crippen molar-refractivity contribution in [2.75, 3.05) is 26.3 Å². The van der Waals surface area contributed by atoms with Crippen LogP contribution < -0.4 is 4.74 Å². The molecule has 1 saturated heterocycles. The highest BCUT2D eigenvalue weighted by atomic mass is 16.5.